The monoisotopic (exact) mass is 179 g/mol. The predicted molar refractivity (Wildman–Crippen MR) is 49.2 cm³/mol. The van der Waals surface area contributed by atoms with Gasteiger partial charge in [0.2, 0.25) is 6.29 Å². The van der Waals surface area contributed by atoms with Gasteiger partial charge in [0.25, 0.3) is 0 Å². The van der Waals surface area contributed by atoms with Gasteiger partial charge in [0, 0.05) is 17.5 Å². The van der Waals surface area contributed by atoms with Gasteiger partial charge in [-0.2, -0.15) is 0 Å². The smallest absolute Gasteiger partial charge is 0.216 e. The van der Waals surface area contributed by atoms with E-state index in [0.29, 0.717) is 0 Å². The van der Waals surface area contributed by atoms with Crippen molar-refractivity contribution in [2.75, 3.05) is 0 Å². The van der Waals surface area contributed by atoms with E-state index in [4.69, 9.17) is 10.5 Å². The molecule has 0 amide bonds. The summed E-state index contributed by atoms with van der Waals surface area (Å²) < 4.78 is 5.24. The summed E-state index contributed by atoms with van der Waals surface area (Å²) in [5.74, 6) is 1.24. The molecule has 13 heavy (non-hydrogen) atoms. The zero-order chi connectivity index (χ0) is 9.42. The molecule has 1 aliphatic heterocycles. The summed E-state index contributed by atoms with van der Waals surface area (Å²) >= 11 is 0. The SMILES string of the molecule is CC1C(N)=CC=C2OC(O)C=CC21. The van der Waals surface area contributed by atoms with Gasteiger partial charge in [0.15, 0.2) is 0 Å². The number of ether oxygens (including phenoxy) is 1. The van der Waals surface area contributed by atoms with E-state index in [0.717, 1.165) is 11.5 Å². The third-order valence-corrected chi connectivity index (χ3v) is 2.57. The first-order valence-corrected chi connectivity index (χ1v) is 4.39. The number of hydrogen-bond donors (Lipinski definition) is 2. The maximum Gasteiger partial charge on any atom is 0.216 e. The topological polar surface area (TPSA) is 55.5 Å². The molecule has 0 saturated heterocycles. The fourth-order valence-corrected chi connectivity index (χ4v) is 1.67. The van der Waals surface area contributed by atoms with Crippen molar-refractivity contribution in [3.05, 3.63) is 35.8 Å². The normalized spacial score (nSPS) is 37.2. The molecule has 1 aliphatic carbocycles. The maximum absolute atomic E-state index is 9.20. The van der Waals surface area contributed by atoms with E-state index >= 15 is 0 Å². The van der Waals surface area contributed by atoms with Crippen LogP contribution in [0.15, 0.2) is 35.8 Å². The molecule has 70 valence electrons. The summed E-state index contributed by atoms with van der Waals surface area (Å²) in [5, 5.41) is 9.20. The molecule has 3 unspecified atom stereocenters. The molecule has 0 aromatic carbocycles. The Morgan fingerprint density at radius 2 is 2.15 bits per heavy atom. The zero-order valence-electron chi connectivity index (χ0n) is 7.47. The molecular formula is C10H13NO2. The number of aliphatic hydroxyl groups excluding tert-OH is 1. The fraction of sp³-hybridized carbons (Fsp3) is 0.400. The number of hydrogen-bond acceptors (Lipinski definition) is 3. The lowest BCUT2D eigenvalue weighted by molar-refractivity contribution is -0.0447. The van der Waals surface area contributed by atoms with Crippen LogP contribution in [0.2, 0.25) is 0 Å². The first kappa shape index (κ1) is 8.38. The number of nitrogens with two attached hydrogens (primary N) is 1. The third kappa shape index (κ3) is 1.35. The van der Waals surface area contributed by atoms with E-state index in [1.807, 2.05) is 18.2 Å². The van der Waals surface area contributed by atoms with E-state index in [-0.39, 0.29) is 11.8 Å². The Morgan fingerprint density at radius 1 is 1.38 bits per heavy atom. The molecule has 1 heterocycles. The summed E-state index contributed by atoms with van der Waals surface area (Å²) in [6, 6.07) is 0. The van der Waals surface area contributed by atoms with Gasteiger partial charge in [-0.3, -0.25) is 0 Å². The Hall–Kier alpha value is -1.22. The Morgan fingerprint density at radius 3 is 2.92 bits per heavy atom. The van der Waals surface area contributed by atoms with Gasteiger partial charge in [-0.05, 0) is 18.2 Å². The molecule has 2 rings (SSSR count). The van der Waals surface area contributed by atoms with Crippen molar-refractivity contribution >= 4 is 0 Å². The second-order valence-corrected chi connectivity index (χ2v) is 3.44. The van der Waals surface area contributed by atoms with Gasteiger partial charge in [0.1, 0.15) is 5.76 Å². The Kier molecular flexibility index (Phi) is 1.88. The number of rotatable bonds is 0. The zero-order valence-corrected chi connectivity index (χ0v) is 7.47. The van der Waals surface area contributed by atoms with Crippen LogP contribution >= 0.6 is 0 Å². The average Bonchev–Trinajstić information content (AvgIpc) is 2.12. The average molecular weight is 179 g/mol. The minimum Gasteiger partial charge on any atom is -0.465 e. The predicted octanol–water partition coefficient (Wildman–Crippen LogP) is 0.884. The van der Waals surface area contributed by atoms with Crippen molar-refractivity contribution in [3.8, 4) is 0 Å². The highest BCUT2D eigenvalue weighted by Gasteiger charge is 2.28. The Labute approximate surface area is 77.2 Å². The van der Waals surface area contributed by atoms with Crippen LogP contribution < -0.4 is 5.73 Å². The van der Waals surface area contributed by atoms with Crippen LogP contribution in [0.5, 0.6) is 0 Å². The highest BCUT2D eigenvalue weighted by Crippen LogP contribution is 2.33. The van der Waals surface area contributed by atoms with Gasteiger partial charge in [-0.25, -0.2) is 0 Å². The van der Waals surface area contributed by atoms with E-state index in [2.05, 4.69) is 6.92 Å². The summed E-state index contributed by atoms with van der Waals surface area (Å²) in [5.41, 5.74) is 6.64. The summed E-state index contributed by atoms with van der Waals surface area (Å²) in [4.78, 5) is 0. The maximum atomic E-state index is 9.20. The van der Waals surface area contributed by atoms with E-state index in [1.54, 1.807) is 6.08 Å². The summed E-state index contributed by atoms with van der Waals surface area (Å²) in [6.45, 7) is 2.05. The van der Waals surface area contributed by atoms with Crippen LogP contribution in [0.4, 0.5) is 0 Å². The molecule has 0 radical (unpaired) electrons. The highest BCUT2D eigenvalue weighted by atomic mass is 16.6. The van der Waals surface area contributed by atoms with E-state index < -0.39 is 6.29 Å². The molecule has 3 N–H and O–H groups in total. The lowest BCUT2D eigenvalue weighted by Crippen LogP contribution is -2.28. The van der Waals surface area contributed by atoms with Crippen molar-refractivity contribution in [2.45, 2.75) is 13.2 Å². The fourth-order valence-electron chi connectivity index (χ4n) is 1.67. The largest absolute Gasteiger partial charge is 0.465 e. The van der Waals surface area contributed by atoms with Crippen molar-refractivity contribution in [1.29, 1.82) is 0 Å². The van der Waals surface area contributed by atoms with Crippen LogP contribution in [-0.2, 0) is 4.74 Å². The van der Waals surface area contributed by atoms with E-state index in [1.165, 1.54) is 0 Å². The minimum atomic E-state index is -0.803. The van der Waals surface area contributed by atoms with Crippen LogP contribution in [0, 0.1) is 11.8 Å². The molecule has 2 aliphatic rings. The quantitative estimate of drug-likeness (QED) is 0.543. The summed E-state index contributed by atoms with van der Waals surface area (Å²) in [6.07, 6.45) is 6.46. The molecule has 0 aromatic rings. The third-order valence-electron chi connectivity index (χ3n) is 2.57. The molecular weight excluding hydrogens is 166 g/mol. The second kappa shape index (κ2) is 2.92. The van der Waals surface area contributed by atoms with Crippen molar-refractivity contribution in [2.24, 2.45) is 17.6 Å². The lowest BCUT2D eigenvalue weighted by Gasteiger charge is -2.31. The van der Waals surface area contributed by atoms with Crippen LogP contribution in [0.1, 0.15) is 6.92 Å². The van der Waals surface area contributed by atoms with Crippen molar-refractivity contribution in [1.82, 2.24) is 0 Å². The van der Waals surface area contributed by atoms with Crippen LogP contribution in [-0.4, -0.2) is 11.4 Å². The molecule has 0 aromatic heterocycles. The first-order chi connectivity index (χ1) is 6.18. The molecule has 0 fully saturated rings. The van der Waals surface area contributed by atoms with Gasteiger partial charge in [-0.15, -0.1) is 0 Å². The molecule has 0 spiro atoms. The molecule has 0 saturated carbocycles. The highest BCUT2D eigenvalue weighted by molar-refractivity contribution is 5.29. The Balaban J connectivity index is 2.32. The second-order valence-electron chi connectivity index (χ2n) is 3.44. The lowest BCUT2D eigenvalue weighted by atomic mass is 9.84. The summed E-state index contributed by atoms with van der Waals surface area (Å²) in [7, 11) is 0. The molecule has 3 atom stereocenters. The van der Waals surface area contributed by atoms with E-state index in [9.17, 15) is 5.11 Å². The number of fused-ring (bicyclic) bond motifs is 1. The number of allylic oxidation sites excluding steroid dienone is 4. The van der Waals surface area contributed by atoms with Gasteiger partial charge >= 0.3 is 0 Å². The number of aliphatic hydroxyl groups is 1. The minimum absolute atomic E-state index is 0.188. The van der Waals surface area contributed by atoms with Crippen molar-refractivity contribution < 1.29 is 9.84 Å². The standard InChI is InChI=1S/C10H13NO2/c1-6-7-2-5-10(12)13-9(7)4-3-8(6)11/h2-7,10,12H,11H2,1H3. The van der Waals surface area contributed by atoms with Crippen LogP contribution in [0.3, 0.4) is 0 Å². The molecule has 3 nitrogen and oxygen atoms in total. The molecule has 0 bridgehead atoms. The first-order valence-electron chi connectivity index (χ1n) is 4.39. The van der Waals surface area contributed by atoms with Gasteiger partial charge in [0.05, 0.1) is 0 Å². The molecule has 3 heteroatoms. The van der Waals surface area contributed by atoms with Crippen LogP contribution in [0.25, 0.3) is 0 Å². The van der Waals surface area contributed by atoms with Gasteiger partial charge < -0.3 is 15.6 Å². The van der Waals surface area contributed by atoms with Gasteiger partial charge in [-0.1, -0.05) is 13.0 Å². The van der Waals surface area contributed by atoms with Crippen molar-refractivity contribution in [3.63, 3.8) is 0 Å². The Bertz CT molecular complexity index is 304.